The predicted octanol–water partition coefficient (Wildman–Crippen LogP) is 0.880. The number of likely N-dealkylation sites (N-methyl/N-ethyl adjacent to an activating group) is 1. The topological polar surface area (TPSA) is 54.3 Å². The number of carbonyl (C=O) groups excluding carboxylic acids is 1. The van der Waals surface area contributed by atoms with E-state index in [2.05, 4.69) is 5.32 Å². The number of aliphatic hydroxyl groups is 1. The molecule has 0 aliphatic heterocycles. The fourth-order valence-corrected chi connectivity index (χ4v) is 1.72. The van der Waals surface area contributed by atoms with Crippen LogP contribution in [0, 0.1) is 0 Å². The summed E-state index contributed by atoms with van der Waals surface area (Å²) in [6, 6.07) is 7.65. The Bertz CT molecular complexity index is 517. The highest BCUT2D eigenvalue weighted by Gasteiger charge is 2.04. The van der Waals surface area contributed by atoms with Gasteiger partial charge >= 0.3 is 0 Å². The molecule has 2 aromatic rings. The van der Waals surface area contributed by atoms with E-state index in [1.54, 1.807) is 7.05 Å². The predicted molar refractivity (Wildman–Crippen MR) is 61.9 cm³/mol. The maximum atomic E-state index is 11.3. The molecule has 1 heterocycles. The molecule has 0 radical (unpaired) electrons. The zero-order valence-corrected chi connectivity index (χ0v) is 9.10. The second kappa shape index (κ2) is 4.37. The van der Waals surface area contributed by atoms with Crippen LogP contribution in [0.25, 0.3) is 10.9 Å². The molecular weight excluding hydrogens is 204 g/mol. The van der Waals surface area contributed by atoms with Gasteiger partial charge in [-0.15, -0.1) is 0 Å². The summed E-state index contributed by atoms with van der Waals surface area (Å²) in [7, 11) is 1.62. The molecule has 0 fully saturated rings. The number of aliphatic hydroxyl groups excluding tert-OH is 1. The molecule has 0 bridgehead atoms. The molecule has 16 heavy (non-hydrogen) atoms. The summed E-state index contributed by atoms with van der Waals surface area (Å²) in [6.07, 6.45) is 1.88. The van der Waals surface area contributed by atoms with Gasteiger partial charge in [-0.1, -0.05) is 6.07 Å². The summed E-state index contributed by atoms with van der Waals surface area (Å²) in [6.45, 7) is 0.356. The highest BCUT2D eigenvalue weighted by molar-refractivity contribution is 5.83. The van der Waals surface area contributed by atoms with Crippen LogP contribution in [0.2, 0.25) is 0 Å². The Morgan fingerprint density at radius 2 is 2.25 bits per heavy atom. The van der Waals surface area contributed by atoms with Gasteiger partial charge in [-0.3, -0.25) is 4.79 Å². The molecule has 0 saturated heterocycles. The van der Waals surface area contributed by atoms with Gasteiger partial charge in [0.1, 0.15) is 6.54 Å². The summed E-state index contributed by atoms with van der Waals surface area (Å²) < 4.78 is 1.88. The maximum Gasteiger partial charge on any atom is 0.239 e. The lowest BCUT2D eigenvalue weighted by Crippen LogP contribution is -2.22. The minimum atomic E-state index is -0.0243. The first kappa shape index (κ1) is 10.7. The summed E-state index contributed by atoms with van der Waals surface area (Å²) in [5.41, 5.74) is 1.88. The first-order chi connectivity index (χ1) is 7.74. The Hall–Kier alpha value is -1.81. The molecule has 0 atom stereocenters. The molecule has 0 aliphatic carbocycles. The highest BCUT2D eigenvalue weighted by atomic mass is 16.3. The van der Waals surface area contributed by atoms with E-state index >= 15 is 0 Å². The average molecular weight is 218 g/mol. The van der Waals surface area contributed by atoms with E-state index in [9.17, 15) is 4.79 Å². The van der Waals surface area contributed by atoms with Crippen LogP contribution in [0.1, 0.15) is 5.56 Å². The van der Waals surface area contributed by atoms with Crippen LogP contribution in [0.5, 0.6) is 0 Å². The van der Waals surface area contributed by atoms with Crippen LogP contribution >= 0.6 is 0 Å². The zero-order valence-electron chi connectivity index (χ0n) is 9.10. The van der Waals surface area contributed by atoms with Gasteiger partial charge in [0.15, 0.2) is 0 Å². The second-order valence-corrected chi connectivity index (χ2v) is 3.67. The number of fused-ring (bicyclic) bond motifs is 1. The normalized spacial score (nSPS) is 10.6. The van der Waals surface area contributed by atoms with Crippen molar-refractivity contribution in [1.29, 1.82) is 0 Å². The summed E-state index contributed by atoms with van der Waals surface area (Å²) in [4.78, 5) is 11.3. The summed E-state index contributed by atoms with van der Waals surface area (Å²) >= 11 is 0. The lowest BCUT2D eigenvalue weighted by Gasteiger charge is -2.04. The van der Waals surface area contributed by atoms with Gasteiger partial charge in [0, 0.05) is 18.8 Å². The number of nitrogens with one attached hydrogen (secondary N) is 1. The van der Waals surface area contributed by atoms with Gasteiger partial charge < -0.3 is 15.0 Å². The Morgan fingerprint density at radius 3 is 2.94 bits per heavy atom. The molecule has 1 aromatic carbocycles. The number of carbonyl (C=O) groups is 1. The van der Waals surface area contributed by atoms with Crippen molar-refractivity contribution in [3.8, 4) is 0 Å². The molecule has 4 nitrogen and oxygen atoms in total. The lowest BCUT2D eigenvalue weighted by atomic mass is 10.2. The minimum Gasteiger partial charge on any atom is -0.392 e. The molecule has 84 valence electrons. The molecule has 0 unspecified atom stereocenters. The molecule has 0 spiro atoms. The van der Waals surface area contributed by atoms with Crippen LogP contribution in [0.15, 0.2) is 30.5 Å². The first-order valence-electron chi connectivity index (χ1n) is 5.14. The van der Waals surface area contributed by atoms with Crippen molar-refractivity contribution in [2.45, 2.75) is 13.2 Å². The Balaban J connectivity index is 2.37. The van der Waals surface area contributed by atoms with Crippen molar-refractivity contribution in [1.82, 2.24) is 9.88 Å². The fraction of sp³-hybridized carbons (Fsp3) is 0.250. The van der Waals surface area contributed by atoms with Crippen molar-refractivity contribution in [2.24, 2.45) is 0 Å². The zero-order chi connectivity index (χ0) is 11.5. The number of benzene rings is 1. The molecule has 0 aliphatic rings. The van der Waals surface area contributed by atoms with E-state index in [-0.39, 0.29) is 12.5 Å². The van der Waals surface area contributed by atoms with Crippen molar-refractivity contribution in [3.63, 3.8) is 0 Å². The van der Waals surface area contributed by atoms with E-state index in [0.717, 1.165) is 16.5 Å². The molecule has 2 N–H and O–H groups in total. The number of amides is 1. The molecular formula is C12H14N2O2. The molecule has 2 rings (SSSR count). The smallest absolute Gasteiger partial charge is 0.239 e. The van der Waals surface area contributed by atoms with Crippen molar-refractivity contribution < 1.29 is 9.90 Å². The van der Waals surface area contributed by atoms with Gasteiger partial charge in [-0.05, 0) is 29.1 Å². The SMILES string of the molecule is CNC(=O)Cn1ccc2cc(CO)ccc21. The third-order valence-corrected chi connectivity index (χ3v) is 2.61. The minimum absolute atomic E-state index is 0.0243. The van der Waals surface area contributed by atoms with Crippen LogP contribution in [-0.4, -0.2) is 22.6 Å². The average Bonchev–Trinajstić information content (AvgIpc) is 2.71. The van der Waals surface area contributed by atoms with Crippen molar-refractivity contribution in [3.05, 3.63) is 36.0 Å². The van der Waals surface area contributed by atoms with Gasteiger partial charge in [-0.25, -0.2) is 0 Å². The van der Waals surface area contributed by atoms with Crippen molar-refractivity contribution in [2.75, 3.05) is 7.05 Å². The molecule has 1 aromatic heterocycles. The Labute approximate surface area is 93.5 Å². The third-order valence-electron chi connectivity index (χ3n) is 2.61. The summed E-state index contributed by atoms with van der Waals surface area (Å²) in [5.74, 6) is -0.0243. The van der Waals surface area contributed by atoms with Crippen LogP contribution in [-0.2, 0) is 17.9 Å². The van der Waals surface area contributed by atoms with Gasteiger partial charge in [-0.2, -0.15) is 0 Å². The quantitative estimate of drug-likeness (QED) is 0.803. The standard InChI is InChI=1S/C12H14N2O2/c1-13-12(16)7-14-5-4-10-6-9(8-15)2-3-11(10)14/h2-6,15H,7-8H2,1H3,(H,13,16). The van der Waals surface area contributed by atoms with Gasteiger partial charge in [0.2, 0.25) is 5.91 Å². The number of hydrogen-bond acceptors (Lipinski definition) is 2. The third kappa shape index (κ3) is 1.92. The second-order valence-electron chi connectivity index (χ2n) is 3.67. The van der Waals surface area contributed by atoms with Crippen LogP contribution in [0.4, 0.5) is 0 Å². The number of rotatable bonds is 3. The Morgan fingerprint density at radius 1 is 1.44 bits per heavy atom. The van der Waals surface area contributed by atoms with Crippen molar-refractivity contribution >= 4 is 16.8 Å². The van der Waals surface area contributed by atoms with Crippen LogP contribution in [0.3, 0.4) is 0 Å². The molecule has 4 heteroatoms. The van der Waals surface area contributed by atoms with E-state index in [1.807, 2.05) is 35.0 Å². The fourth-order valence-electron chi connectivity index (χ4n) is 1.72. The summed E-state index contributed by atoms with van der Waals surface area (Å²) in [5, 5.41) is 12.6. The molecule has 0 saturated carbocycles. The van der Waals surface area contributed by atoms with E-state index in [4.69, 9.17) is 5.11 Å². The monoisotopic (exact) mass is 218 g/mol. The number of aromatic nitrogens is 1. The van der Waals surface area contributed by atoms with E-state index < -0.39 is 0 Å². The lowest BCUT2D eigenvalue weighted by molar-refractivity contribution is -0.121. The maximum absolute atomic E-state index is 11.3. The molecule has 1 amide bonds. The van der Waals surface area contributed by atoms with Gasteiger partial charge in [0.05, 0.1) is 6.61 Å². The van der Waals surface area contributed by atoms with E-state index in [1.165, 1.54) is 0 Å². The highest BCUT2D eigenvalue weighted by Crippen LogP contribution is 2.17. The van der Waals surface area contributed by atoms with Gasteiger partial charge in [0.25, 0.3) is 0 Å². The largest absolute Gasteiger partial charge is 0.392 e. The van der Waals surface area contributed by atoms with Crippen LogP contribution < -0.4 is 5.32 Å². The number of hydrogen-bond donors (Lipinski definition) is 2. The number of nitrogens with zero attached hydrogens (tertiary/aromatic N) is 1. The first-order valence-corrected chi connectivity index (χ1v) is 5.14. The van der Waals surface area contributed by atoms with E-state index in [0.29, 0.717) is 6.54 Å². The Kier molecular flexibility index (Phi) is 2.92.